The van der Waals surface area contributed by atoms with Gasteiger partial charge in [-0.25, -0.2) is 0 Å². The van der Waals surface area contributed by atoms with Crippen LogP contribution in [0.5, 0.6) is 5.75 Å². The molecular weight excluding hydrogens is 274 g/mol. The molecule has 1 fully saturated rings. The molecule has 22 heavy (non-hydrogen) atoms. The third-order valence-electron chi connectivity index (χ3n) is 4.86. The lowest BCUT2D eigenvalue weighted by molar-refractivity contribution is -0.136. The first-order valence-electron chi connectivity index (χ1n) is 8.70. The highest BCUT2D eigenvalue weighted by atomic mass is 16.5. The Morgan fingerprint density at radius 1 is 1.23 bits per heavy atom. The first-order chi connectivity index (χ1) is 10.7. The van der Waals surface area contributed by atoms with E-state index in [4.69, 9.17) is 4.74 Å². The van der Waals surface area contributed by atoms with Gasteiger partial charge in [0, 0.05) is 12.0 Å². The molecule has 3 nitrogen and oxygen atoms in total. The van der Waals surface area contributed by atoms with Gasteiger partial charge < -0.3 is 10.1 Å². The maximum absolute atomic E-state index is 12.2. The molecule has 0 aromatic heterocycles. The third-order valence-corrected chi connectivity index (χ3v) is 4.86. The number of benzene rings is 1. The van der Waals surface area contributed by atoms with Crippen LogP contribution in [-0.4, -0.2) is 19.1 Å². The van der Waals surface area contributed by atoms with Crippen molar-refractivity contribution in [3.05, 3.63) is 29.8 Å². The normalized spacial score (nSPS) is 15.9. The summed E-state index contributed by atoms with van der Waals surface area (Å²) >= 11 is 0. The second-order valence-corrected chi connectivity index (χ2v) is 6.34. The molecule has 0 unspecified atom stereocenters. The predicted molar refractivity (Wildman–Crippen MR) is 90.1 cm³/mol. The minimum absolute atomic E-state index is 0.0586. The van der Waals surface area contributed by atoms with E-state index in [2.05, 4.69) is 31.3 Å². The highest BCUT2D eigenvalue weighted by Gasteiger charge is 2.41. The molecule has 0 aliphatic heterocycles. The summed E-state index contributed by atoms with van der Waals surface area (Å²) in [4.78, 5) is 12.2. The fourth-order valence-electron chi connectivity index (χ4n) is 2.94. The lowest BCUT2D eigenvalue weighted by atomic mass is 9.66. The van der Waals surface area contributed by atoms with Gasteiger partial charge in [0.15, 0.2) is 0 Å². The largest absolute Gasteiger partial charge is 0.494 e. The van der Waals surface area contributed by atoms with Crippen molar-refractivity contribution >= 4 is 5.91 Å². The number of ether oxygens (including phenoxy) is 1. The van der Waals surface area contributed by atoms with Crippen LogP contribution in [0, 0.1) is 5.41 Å². The smallest absolute Gasteiger partial charge is 0.226 e. The molecule has 2 rings (SSSR count). The van der Waals surface area contributed by atoms with Crippen molar-refractivity contribution in [1.29, 1.82) is 0 Å². The Morgan fingerprint density at radius 3 is 2.50 bits per heavy atom. The van der Waals surface area contributed by atoms with Gasteiger partial charge in [-0.3, -0.25) is 4.79 Å². The minimum atomic E-state index is -0.0586. The second-order valence-electron chi connectivity index (χ2n) is 6.34. The van der Waals surface area contributed by atoms with Crippen molar-refractivity contribution in [3.8, 4) is 5.75 Å². The van der Waals surface area contributed by atoms with E-state index < -0.39 is 0 Å². The number of carbonyl (C=O) groups is 1. The maximum Gasteiger partial charge on any atom is 0.226 e. The molecule has 1 aliphatic rings. The molecule has 1 aromatic rings. The molecule has 122 valence electrons. The first-order valence-corrected chi connectivity index (χ1v) is 8.70. The van der Waals surface area contributed by atoms with Gasteiger partial charge in [0.2, 0.25) is 5.91 Å². The van der Waals surface area contributed by atoms with E-state index in [9.17, 15) is 4.79 Å². The van der Waals surface area contributed by atoms with E-state index in [1.165, 1.54) is 12.0 Å². The van der Waals surface area contributed by atoms with Crippen LogP contribution in [-0.2, 0) is 11.2 Å². The molecule has 3 heteroatoms. The zero-order chi connectivity index (χ0) is 15.8. The maximum atomic E-state index is 12.2. The predicted octanol–water partition coefficient (Wildman–Crippen LogP) is 4.10. The fraction of sp³-hybridized carbons (Fsp3) is 0.632. The Hall–Kier alpha value is -1.51. The van der Waals surface area contributed by atoms with Crippen LogP contribution in [0.15, 0.2) is 24.3 Å². The lowest BCUT2D eigenvalue weighted by Gasteiger charge is -2.39. The molecule has 0 radical (unpaired) electrons. The van der Waals surface area contributed by atoms with Crippen molar-refractivity contribution in [2.45, 2.75) is 58.8 Å². The van der Waals surface area contributed by atoms with Crippen LogP contribution in [0.3, 0.4) is 0 Å². The Morgan fingerprint density at radius 2 is 1.95 bits per heavy atom. The molecule has 1 aliphatic carbocycles. The van der Waals surface area contributed by atoms with Crippen LogP contribution in [0.4, 0.5) is 0 Å². The van der Waals surface area contributed by atoms with Gasteiger partial charge in [-0.2, -0.15) is 0 Å². The van der Waals surface area contributed by atoms with Crippen molar-refractivity contribution in [3.63, 3.8) is 0 Å². The van der Waals surface area contributed by atoms with Crippen molar-refractivity contribution < 1.29 is 9.53 Å². The molecule has 1 amide bonds. The van der Waals surface area contributed by atoms with Crippen molar-refractivity contribution in [1.82, 2.24) is 5.32 Å². The van der Waals surface area contributed by atoms with Crippen LogP contribution < -0.4 is 10.1 Å². The molecule has 0 atom stereocenters. The SMILES string of the molecule is CCCCOc1ccc(CCNC(=O)C2(CC)CCC2)cc1. The summed E-state index contributed by atoms with van der Waals surface area (Å²) in [5, 5.41) is 3.11. The Balaban J connectivity index is 1.71. The van der Waals surface area contributed by atoms with Crippen molar-refractivity contribution in [2.24, 2.45) is 5.41 Å². The number of hydrogen-bond acceptors (Lipinski definition) is 2. The van der Waals surface area contributed by atoms with Gasteiger partial charge >= 0.3 is 0 Å². The average molecular weight is 303 g/mol. The molecular formula is C19H29NO2. The number of unbranched alkanes of at least 4 members (excludes halogenated alkanes) is 1. The summed E-state index contributed by atoms with van der Waals surface area (Å²) < 4.78 is 5.66. The highest BCUT2D eigenvalue weighted by Crippen LogP contribution is 2.43. The first kappa shape index (κ1) is 16.9. The van der Waals surface area contributed by atoms with Crippen molar-refractivity contribution in [2.75, 3.05) is 13.2 Å². The summed E-state index contributed by atoms with van der Waals surface area (Å²) in [6.45, 7) is 5.78. The standard InChI is InChI=1S/C19H29NO2/c1-3-5-15-22-17-9-7-16(8-10-17)11-14-20-18(21)19(4-2)12-6-13-19/h7-10H,3-6,11-15H2,1-2H3,(H,20,21). The number of amides is 1. The van der Waals surface area contributed by atoms with E-state index in [0.717, 1.165) is 57.4 Å². The highest BCUT2D eigenvalue weighted by molar-refractivity contribution is 5.83. The zero-order valence-corrected chi connectivity index (χ0v) is 14.0. The van der Waals surface area contributed by atoms with E-state index in [-0.39, 0.29) is 11.3 Å². The Labute approximate surface area is 134 Å². The van der Waals surface area contributed by atoms with E-state index in [1.54, 1.807) is 0 Å². The van der Waals surface area contributed by atoms with E-state index >= 15 is 0 Å². The number of hydrogen-bond donors (Lipinski definition) is 1. The lowest BCUT2D eigenvalue weighted by Crippen LogP contribution is -2.45. The third kappa shape index (κ3) is 4.25. The molecule has 1 saturated carbocycles. The minimum Gasteiger partial charge on any atom is -0.494 e. The summed E-state index contributed by atoms with van der Waals surface area (Å²) in [5.74, 6) is 1.18. The van der Waals surface area contributed by atoms with Gasteiger partial charge in [0.05, 0.1) is 6.61 Å². The monoisotopic (exact) mass is 303 g/mol. The summed E-state index contributed by atoms with van der Waals surface area (Å²) in [6, 6.07) is 8.22. The van der Waals surface area contributed by atoms with Gasteiger partial charge in [-0.05, 0) is 49.8 Å². The molecule has 1 aromatic carbocycles. The fourth-order valence-corrected chi connectivity index (χ4v) is 2.94. The summed E-state index contributed by atoms with van der Waals surface area (Å²) in [5.41, 5.74) is 1.18. The quantitative estimate of drug-likeness (QED) is 0.697. The van der Waals surface area contributed by atoms with E-state index in [1.807, 2.05) is 12.1 Å². The Bertz CT molecular complexity index is 457. The summed E-state index contributed by atoms with van der Waals surface area (Å²) in [6.07, 6.45) is 7.38. The zero-order valence-electron chi connectivity index (χ0n) is 14.0. The molecule has 1 N–H and O–H groups in total. The Kier molecular flexibility index (Phi) is 6.29. The van der Waals surface area contributed by atoms with Crippen LogP contribution in [0.25, 0.3) is 0 Å². The second kappa shape index (κ2) is 8.21. The summed E-state index contributed by atoms with van der Waals surface area (Å²) in [7, 11) is 0. The molecule has 0 bridgehead atoms. The number of carbonyl (C=O) groups excluding carboxylic acids is 1. The van der Waals surface area contributed by atoms with Gasteiger partial charge in [0.25, 0.3) is 0 Å². The molecule has 0 spiro atoms. The van der Waals surface area contributed by atoms with Crippen LogP contribution in [0.1, 0.15) is 57.9 Å². The topological polar surface area (TPSA) is 38.3 Å². The van der Waals surface area contributed by atoms with E-state index in [0.29, 0.717) is 0 Å². The number of rotatable bonds is 9. The van der Waals surface area contributed by atoms with Gasteiger partial charge in [-0.1, -0.05) is 38.8 Å². The van der Waals surface area contributed by atoms with Gasteiger partial charge in [-0.15, -0.1) is 0 Å². The average Bonchev–Trinajstić information content (AvgIpc) is 2.49. The molecule has 0 heterocycles. The van der Waals surface area contributed by atoms with Gasteiger partial charge in [0.1, 0.15) is 5.75 Å². The van der Waals surface area contributed by atoms with Crippen LogP contribution >= 0.6 is 0 Å². The number of nitrogens with one attached hydrogen (secondary N) is 1. The van der Waals surface area contributed by atoms with Crippen LogP contribution in [0.2, 0.25) is 0 Å². The molecule has 0 saturated heterocycles.